The summed E-state index contributed by atoms with van der Waals surface area (Å²) in [5, 5.41) is 0. The van der Waals surface area contributed by atoms with Gasteiger partial charge in [-0.15, -0.1) is 0 Å². The molecular weight excluding hydrogens is 360 g/mol. The Kier molecular flexibility index (Phi) is 4.59. The largest absolute Gasteiger partial charge is 0.497 e. The molecule has 4 rings (SSSR count). The first kappa shape index (κ1) is 17.5. The topological polar surface area (TPSA) is 99.1 Å². The number of aromatic amines is 1. The van der Waals surface area contributed by atoms with E-state index in [1.807, 2.05) is 0 Å². The molecule has 3 aromatic heterocycles. The summed E-state index contributed by atoms with van der Waals surface area (Å²) >= 11 is 0. The van der Waals surface area contributed by atoms with Crippen LogP contribution in [-0.2, 0) is 6.54 Å². The standard InChI is InChI=1S/C20H16N4O4/c1-27-14-4-6-15(7-5-14)28-17-11-13(8-10-21-17)12-24-19(25)18-16(23-20(24)26)3-2-9-22-18/h2-11H,12H2,1H3,(H,23,26). The van der Waals surface area contributed by atoms with Crippen molar-refractivity contribution in [3.05, 3.63) is 87.3 Å². The van der Waals surface area contributed by atoms with Gasteiger partial charge >= 0.3 is 5.69 Å². The normalized spacial score (nSPS) is 10.8. The van der Waals surface area contributed by atoms with Crippen LogP contribution in [0.4, 0.5) is 0 Å². The summed E-state index contributed by atoms with van der Waals surface area (Å²) in [6.07, 6.45) is 3.08. The third kappa shape index (κ3) is 3.48. The molecule has 4 aromatic rings. The maximum absolute atomic E-state index is 12.6. The first-order valence-electron chi connectivity index (χ1n) is 8.49. The van der Waals surface area contributed by atoms with Crippen LogP contribution in [0.15, 0.2) is 70.5 Å². The first-order valence-corrected chi connectivity index (χ1v) is 8.49. The number of hydrogen-bond acceptors (Lipinski definition) is 6. The summed E-state index contributed by atoms with van der Waals surface area (Å²) in [6.45, 7) is 0.0716. The van der Waals surface area contributed by atoms with E-state index in [0.717, 1.165) is 10.3 Å². The Morgan fingerprint density at radius 2 is 1.79 bits per heavy atom. The molecule has 0 atom stereocenters. The number of ether oxygens (including phenoxy) is 2. The fraction of sp³-hybridized carbons (Fsp3) is 0.100. The van der Waals surface area contributed by atoms with Gasteiger partial charge in [-0.25, -0.2) is 14.8 Å². The lowest BCUT2D eigenvalue weighted by atomic mass is 10.2. The van der Waals surface area contributed by atoms with Crippen molar-refractivity contribution < 1.29 is 9.47 Å². The number of nitrogens with zero attached hydrogens (tertiary/aromatic N) is 3. The number of hydrogen-bond donors (Lipinski definition) is 1. The van der Waals surface area contributed by atoms with Crippen LogP contribution < -0.4 is 20.7 Å². The monoisotopic (exact) mass is 376 g/mol. The Labute approximate surface area is 159 Å². The zero-order chi connectivity index (χ0) is 19.5. The third-order valence-corrected chi connectivity index (χ3v) is 4.16. The smallest absolute Gasteiger partial charge is 0.329 e. The van der Waals surface area contributed by atoms with Gasteiger partial charge in [0.1, 0.15) is 11.5 Å². The molecule has 140 valence electrons. The van der Waals surface area contributed by atoms with Crippen molar-refractivity contribution in [1.29, 1.82) is 0 Å². The van der Waals surface area contributed by atoms with Gasteiger partial charge in [-0.3, -0.25) is 9.36 Å². The minimum absolute atomic E-state index is 0.0716. The number of benzene rings is 1. The molecule has 0 aliphatic heterocycles. The van der Waals surface area contributed by atoms with Crippen LogP contribution >= 0.6 is 0 Å². The lowest BCUT2D eigenvalue weighted by Crippen LogP contribution is -2.35. The first-order chi connectivity index (χ1) is 13.6. The Hall–Kier alpha value is -3.94. The highest BCUT2D eigenvalue weighted by Gasteiger charge is 2.10. The molecule has 28 heavy (non-hydrogen) atoms. The predicted octanol–water partition coefficient (Wildman–Crippen LogP) is 2.33. The molecule has 0 saturated carbocycles. The van der Waals surface area contributed by atoms with Gasteiger partial charge in [0.25, 0.3) is 5.56 Å². The molecule has 0 aliphatic carbocycles. The molecule has 3 heterocycles. The van der Waals surface area contributed by atoms with E-state index >= 15 is 0 Å². The van der Waals surface area contributed by atoms with Gasteiger partial charge in [0.15, 0.2) is 5.52 Å². The molecular formula is C20H16N4O4. The number of H-pyrrole nitrogens is 1. The van der Waals surface area contributed by atoms with Gasteiger partial charge in [0, 0.05) is 18.5 Å². The molecule has 0 amide bonds. The van der Waals surface area contributed by atoms with E-state index in [-0.39, 0.29) is 12.1 Å². The fourth-order valence-electron chi connectivity index (χ4n) is 2.77. The van der Waals surface area contributed by atoms with Gasteiger partial charge in [0.2, 0.25) is 5.88 Å². The van der Waals surface area contributed by atoms with Crippen LogP contribution in [-0.4, -0.2) is 26.6 Å². The van der Waals surface area contributed by atoms with E-state index in [1.54, 1.807) is 61.8 Å². The maximum atomic E-state index is 12.6. The highest BCUT2D eigenvalue weighted by atomic mass is 16.5. The molecule has 1 N–H and O–H groups in total. The highest BCUT2D eigenvalue weighted by Crippen LogP contribution is 2.22. The van der Waals surface area contributed by atoms with Crippen molar-refractivity contribution in [1.82, 2.24) is 19.5 Å². The molecule has 0 radical (unpaired) electrons. The van der Waals surface area contributed by atoms with Crippen LogP contribution in [0, 0.1) is 0 Å². The van der Waals surface area contributed by atoms with E-state index < -0.39 is 11.2 Å². The van der Waals surface area contributed by atoms with Crippen molar-refractivity contribution in [3.63, 3.8) is 0 Å². The Balaban J connectivity index is 1.62. The quantitative estimate of drug-likeness (QED) is 0.574. The van der Waals surface area contributed by atoms with Crippen molar-refractivity contribution in [2.24, 2.45) is 0 Å². The Bertz CT molecular complexity index is 1250. The zero-order valence-corrected chi connectivity index (χ0v) is 15.0. The van der Waals surface area contributed by atoms with E-state index in [1.165, 1.54) is 6.20 Å². The molecule has 8 nitrogen and oxygen atoms in total. The number of nitrogens with one attached hydrogen (secondary N) is 1. The van der Waals surface area contributed by atoms with Crippen LogP contribution in [0.3, 0.4) is 0 Å². The lowest BCUT2D eigenvalue weighted by Gasteiger charge is -2.09. The van der Waals surface area contributed by atoms with Crippen LogP contribution in [0.1, 0.15) is 5.56 Å². The van der Waals surface area contributed by atoms with Gasteiger partial charge < -0.3 is 14.5 Å². The molecule has 0 unspecified atom stereocenters. The van der Waals surface area contributed by atoms with Gasteiger partial charge in [-0.05, 0) is 48.0 Å². The minimum atomic E-state index is -0.500. The summed E-state index contributed by atoms with van der Waals surface area (Å²) in [6, 6.07) is 13.8. The van der Waals surface area contributed by atoms with Crippen molar-refractivity contribution in [2.75, 3.05) is 7.11 Å². The lowest BCUT2D eigenvalue weighted by molar-refractivity contribution is 0.412. The SMILES string of the molecule is COc1ccc(Oc2cc(Cn3c(=O)[nH]c4cccnc4c3=O)ccn2)cc1. The minimum Gasteiger partial charge on any atom is -0.497 e. The van der Waals surface area contributed by atoms with Crippen molar-refractivity contribution in [3.8, 4) is 17.4 Å². The second-order valence-corrected chi connectivity index (χ2v) is 6.00. The summed E-state index contributed by atoms with van der Waals surface area (Å²) in [4.78, 5) is 35.8. The number of rotatable bonds is 5. The molecule has 0 spiro atoms. The zero-order valence-electron chi connectivity index (χ0n) is 15.0. The summed E-state index contributed by atoms with van der Waals surface area (Å²) < 4.78 is 12.0. The molecule has 0 saturated heterocycles. The molecule has 0 bridgehead atoms. The second kappa shape index (κ2) is 7.36. The van der Waals surface area contributed by atoms with Crippen LogP contribution in [0.2, 0.25) is 0 Å². The maximum Gasteiger partial charge on any atom is 0.329 e. The van der Waals surface area contributed by atoms with Crippen LogP contribution in [0.25, 0.3) is 11.0 Å². The average molecular weight is 376 g/mol. The molecule has 8 heteroatoms. The predicted molar refractivity (Wildman–Crippen MR) is 103 cm³/mol. The van der Waals surface area contributed by atoms with Gasteiger partial charge in [0.05, 0.1) is 19.2 Å². The summed E-state index contributed by atoms with van der Waals surface area (Å²) in [7, 11) is 1.59. The molecule has 1 aromatic carbocycles. The fourth-order valence-corrected chi connectivity index (χ4v) is 2.77. The average Bonchev–Trinajstić information content (AvgIpc) is 2.72. The van der Waals surface area contributed by atoms with Gasteiger partial charge in [-0.1, -0.05) is 0 Å². The number of methoxy groups -OCH3 is 1. The van der Waals surface area contributed by atoms with Crippen LogP contribution in [0.5, 0.6) is 17.4 Å². The van der Waals surface area contributed by atoms with Crippen molar-refractivity contribution in [2.45, 2.75) is 6.54 Å². The second-order valence-electron chi connectivity index (χ2n) is 6.00. The summed E-state index contributed by atoms with van der Waals surface area (Å²) in [5.74, 6) is 1.67. The van der Waals surface area contributed by atoms with Crippen molar-refractivity contribution >= 4 is 11.0 Å². The molecule has 0 aliphatic rings. The molecule has 0 fully saturated rings. The van der Waals surface area contributed by atoms with E-state index in [0.29, 0.717) is 22.7 Å². The number of aromatic nitrogens is 4. The van der Waals surface area contributed by atoms with Gasteiger partial charge in [-0.2, -0.15) is 0 Å². The summed E-state index contributed by atoms with van der Waals surface area (Å²) in [5.41, 5.74) is 0.369. The van der Waals surface area contributed by atoms with E-state index in [2.05, 4.69) is 15.0 Å². The highest BCUT2D eigenvalue weighted by molar-refractivity contribution is 5.71. The van der Waals surface area contributed by atoms with E-state index in [9.17, 15) is 9.59 Å². The number of pyridine rings is 2. The number of fused-ring (bicyclic) bond motifs is 1. The Morgan fingerprint density at radius 3 is 2.57 bits per heavy atom. The Morgan fingerprint density at radius 1 is 1.00 bits per heavy atom. The third-order valence-electron chi connectivity index (χ3n) is 4.16. The van der Waals surface area contributed by atoms with E-state index in [4.69, 9.17) is 9.47 Å².